The summed E-state index contributed by atoms with van der Waals surface area (Å²) in [5.74, 6) is 0.0322. The molecule has 8 heteroatoms. The third-order valence-corrected chi connectivity index (χ3v) is 6.19. The van der Waals surface area contributed by atoms with Crippen molar-refractivity contribution in [3.8, 4) is 17.0 Å². The van der Waals surface area contributed by atoms with E-state index in [9.17, 15) is 9.59 Å². The summed E-state index contributed by atoms with van der Waals surface area (Å²) in [4.78, 5) is 25.1. The van der Waals surface area contributed by atoms with Crippen LogP contribution in [0.5, 0.6) is 5.75 Å². The number of hydrogen-bond acceptors (Lipinski definition) is 6. The SMILES string of the molecule is CCOC(=O)c1cn2c(cc1=O)-c1cc(Cl)c(OCCCOC)cc1[C@@H]1CCC(C)N12. The molecule has 2 aliphatic heterocycles. The van der Waals surface area contributed by atoms with Crippen molar-refractivity contribution in [3.63, 3.8) is 0 Å². The Morgan fingerprint density at radius 2 is 2.03 bits per heavy atom. The van der Waals surface area contributed by atoms with Crippen LogP contribution in [0.2, 0.25) is 5.02 Å². The molecular formula is C23H27ClN2O5. The number of carbonyl (C=O) groups is 1. The summed E-state index contributed by atoms with van der Waals surface area (Å²) < 4.78 is 18.0. The van der Waals surface area contributed by atoms with Gasteiger partial charge in [-0.15, -0.1) is 0 Å². The number of carbonyl (C=O) groups excluding carboxylic acids is 1. The molecule has 0 radical (unpaired) electrons. The van der Waals surface area contributed by atoms with Gasteiger partial charge in [0.25, 0.3) is 0 Å². The second-order valence-corrected chi connectivity index (χ2v) is 8.30. The molecule has 3 heterocycles. The molecule has 1 unspecified atom stereocenters. The van der Waals surface area contributed by atoms with Crippen molar-refractivity contribution in [2.45, 2.75) is 45.2 Å². The van der Waals surface area contributed by atoms with E-state index in [0.29, 0.717) is 29.7 Å². The maximum absolute atomic E-state index is 12.7. The molecule has 0 spiro atoms. The normalized spacial score (nSPS) is 18.9. The Morgan fingerprint density at radius 3 is 2.77 bits per heavy atom. The zero-order valence-corrected chi connectivity index (χ0v) is 18.8. The smallest absolute Gasteiger partial charge is 0.343 e. The molecule has 0 saturated carbocycles. The third kappa shape index (κ3) is 3.92. The Labute approximate surface area is 186 Å². The molecule has 2 aliphatic rings. The van der Waals surface area contributed by atoms with Crippen molar-refractivity contribution < 1.29 is 19.0 Å². The molecule has 0 bridgehead atoms. The van der Waals surface area contributed by atoms with Crippen LogP contribution >= 0.6 is 11.6 Å². The number of fused-ring (bicyclic) bond motifs is 6. The van der Waals surface area contributed by atoms with Crippen LogP contribution in [0.4, 0.5) is 0 Å². The van der Waals surface area contributed by atoms with E-state index in [1.165, 1.54) is 6.07 Å². The second-order valence-electron chi connectivity index (χ2n) is 7.89. The van der Waals surface area contributed by atoms with E-state index < -0.39 is 5.97 Å². The molecule has 0 N–H and O–H groups in total. The lowest BCUT2D eigenvalue weighted by atomic mass is 9.94. The highest BCUT2D eigenvalue weighted by molar-refractivity contribution is 6.32. The summed E-state index contributed by atoms with van der Waals surface area (Å²) in [6.07, 6.45) is 4.33. The van der Waals surface area contributed by atoms with Crippen molar-refractivity contribution >= 4 is 17.6 Å². The number of benzene rings is 1. The average molecular weight is 447 g/mol. The average Bonchev–Trinajstić information content (AvgIpc) is 3.13. The molecule has 0 aliphatic carbocycles. The summed E-state index contributed by atoms with van der Waals surface area (Å²) >= 11 is 6.54. The van der Waals surface area contributed by atoms with Gasteiger partial charge in [0, 0.05) is 44.0 Å². The number of esters is 1. The lowest BCUT2D eigenvalue weighted by Gasteiger charge is -2.40. The fourth-order valence-electron chi connectivity index (χ4n) is 4.47. The largest absolute Gasteiger partial charge is 0.492 e. The van der Waals surface area contributed by atoms with E-state index in [1.54, 1.807) is 20.2 Å². The first-order chi connectivity index (χ1) is 15.0. The Balaban J connectivity index is 1.80. The van der Waals surface area contributed by atoms with Gasteiger partial charge in [-0.2, -0.15) is 0 Å². The number of nitrogens with zero attached hydrogens (tertiary/aromatic N) is 2. The Hall–Kier alpha value is -2.51. The number of rotatable bonds is 7. The second kappa shape index (κ2) is 8.93. The highest BCUT2D eigenvalue weighted by Gasteiger charge is 2.39. The molecule has 1 aromatic heterocycles. The molecule has 4 rings (SSSR count). The minimum absolute atomic E-state index is 0.0380. The topological polar surface area (TPSA) is 70.0 Å². The van der Waals surface area contributed by atoms with Gasteiger partial charge in [-0.05, 0) is 44.4 Å². The van der Waals surface area contributed by atoms with Crippen LogP contribution in [0.15, 0.2) is 29.2 Å². The minimum Gasteiger partial charge on any atom is -0.492 e. The minimum atomic E-state index is -0.602. The quantitative estimate of drug-likeness (QED) is 0.474. The lowest BCUT2D eigenvalue weighted by Crippen LogP contribution is -2.43. The molecule has 7 nitrogen and oxygen atoms in total. The van der Waals surface area contributed by atoms with Gasteiger partial charge < -0.3 is 19.2 Å². The summed E-state index contributed by atoms with van der Waals surface area (Å²) in [5, 5.41) is 2.71. The first-order valence-corrected chi connectivity index (χ1v) is 11.0. The first kappa shape index (κ1) is 21.7. The van der Waals surface area contributed by atoms with Crippen LogP contribution in [-0.4, -0.2) is 43.6 Å². The van der Waals surface area contributed by atoms with E-state index in [0.717, 1.165) is 30.4 Å². The molecule has 1 aromatic carbocycles. The molecule has 166 valence electrons. The molecular weight excluding hydrogens is 420 g/mol. The van der Waals surface area contributed by atoms with E-state index >= 15 is 0 Å². The van der Waals surface area contributed by atoms with E-state index in [1.807, 2.05) is 16.8 Å². The molecule has 0 amide bonds. The van der Waals surface area contributed by atoms with Crippen LogP contribution in [0.1, 0.15) is 55.1 Å². The van der Waals surface area contributed by atoms with Crippen molar-refractivity contribution in [1.29, 1.82) is 0 Å². The van der Waals surface area contributed by atoms with Gasteiger partial charge in [0.2, 0.25) is 0 Å². The van der Waals surface area contributed by atoms with Crippen LogP contribution in [-0.2, 0) is 9.47 Å². The van der Waals surface area contributed by atoms with E-state index in [2.05, 4.69) is 11.9 Å². The summed E-state index contributed by atoms with van der Waals surface area (Å²) in [7, 11) is 1.66. The van der Waals surface area contributed by atoms with Gasteiger partial charge in [0.1, 0.15) is 11.3 Å². The van der Waals surface area contributed by atoms with Gasteiger partial charge in [-0.1, -0.05) is 11.6 Å². The third-order valence-electron chi connectivity index (χ3n) is 5.89. The number of aromatic nitrogens is 1. The molecule has 1 saturated heterocycles. The lowest BCUT2D eigenvalue weighted by molar-refractivity contribution is 0.0523. The Morgan fingerprint density at radius 1 is 1.23 bits per heavy atom. The summed E-state index contributed by atoms with van der Waals surface area (Å²) in [6.45, 7) is 5.22. The zero-order valence-electron chi connectivity index (χ0n) is 18.0. The molecule has 2 aromatic rings. The van der Waals surface area contributed by atoms with Crippen molar-refractivity contribution in [2.24, 2.45) is 0 Å². The van der Waals surface area contributed by atoms with E-state index in [4.69, 9.17) is 25.8 Å². The van der Waals surface area contributed by atoms with Crippen LogP contribution in [0.25, 0.3) is 11.3 Å². The van der Waals surface area contributed by atoms with Gasteiger partial charge in [0.05, 0.1) is 30.0 Å². The number of halogens is 1. The van der Waals surface area contributed by atoms with Crippen LogP contribution in [0.3, 0.4) is 0 Å². The Kier molecular flexibility index (Phi) is 6.25. The van der Waals surface area contributed by atoms with Gasteiger partial charge in [-0.25, -0.2) is 4.79 Å². The predicted octanol–water partition coefficient (Wildman–Crippen LogP) is 3.94. The van der Waals surface area contributed by atoms with Gasteiger partial charge in [0.15, 0.2) is 5.43 Å². The molecule has 2 atom stereocenters. The molecule has 1 fully saturated rings. The number of pyridine rings is 1. The van der Waals surface area contributed by atoms with Crippen molar-refractivity contribution in [2.75, 3.05) is 31.9 Å². The molecule has 31 heavy (non-hydrogen) atoms. The van der Waals surface area contributed by atoms with Gasteiger partial charge in [-0.3, -0.25) is 9.47 Å². The maximum Gasteiger partial charge on any atom is 0.343 e. The fraction of sp³-hybridized carbons (Fsp3) is 0.478. The van der Waals surface area contributed by atoms with Crippen LogP contribution in [0, 0.1) is 0 Å². The fourth-order valence-corrected chi connectivity index (χ4v) is 4.69. The number of ether oxygens (including phenoxy) is 3. The summed E-state index contributed by atoms with van der Waals surface area (Å²) in [5.41, 5.74) is 2.36. The highest BCUT2D eigenvalue weighted by Crippen LogP contribution is 2.46. The monoisotopic (exact) mass is 446 g/mol. The first-order valence-electron chi connectivity index (χ1n) is 10.6. The Bertz CT molecular complexity index is 1050. The van der Waals surface area contributed by atoms with Gasteiger partial charge >= 0.3 is 5.97 Å². The highest BCUT2D eigenvalue weighted by atomic mass is 35.5. The summed E-state index contributed by atoms with van der Waals surface area (Å²) in [6, 6.07) is 5.71. The predicted molar refractivity (Wildman–Crippen MR) is 119 cm³/mol. The standard InChI is InChI=1S/C23H27ClN2O5/c1-4-30-23(28)17-13-25-20(12-21(17)27)15-10-18(24)22(31-9-5-8-29-3)11-16(15)19-7-6-14(2)26(19)25/h10-14,19H,4-9H2,1-3H3/t14?,19-/m0/s1. The van der Waals surface area contributed by atoms with Crippen molar-refractivity contribution in [3.05, 3.63) is 50.8 Å². The number of hydrogen-bond donors (Lipinski definition) is 0. The number of methoxy groups -OCH3 is 1. The van der Waals surface area contributed by atoms with Crippen molar-refractivity contribution in [1.82, 2.24) is 4.68 Å². The van der Waals surface area contributed by atoms with E-state index in [-0.39, 0.29) is 29.7 Å². The van der Waals surface area contributed by atoms with Crippen LogP contribution < -0.4 is 15.2 Å². The zero-order chi connectivity index (χ0) is 22.1. The maximum atomic E-state index is 12.7.